The molecule has 0 aliphatic rings. The van der Waals surface area contributed by atoms with E-state index in [4.69, 9.17) is 16.7 Å². The van der Waals surface area contributed by atoms with Gasteiger partial charge in [0.2, 0.25) is 10.0 Å². The van der Waals surface area contributed by atoms with E-state index in [0.29, 0.717) is 5.02 Å². The van der Waals surface area contributed by atoms with Crippen LogP contribution < -0.4 is 4.72 Å². The molecule has 1 aromatic carbocycles. The van der Waals surface area contributed by atoms with Crippen LogP contribution in [0.3, 0.4) is 0 Å². The lowest BCUT2D eigenvalue weighted by Gasteiger charge is -2.13. The summed E-state index contributed by atoms with van der Waals surface area (Å²) in [5.74, 6) is -1.28. The molecule has 88 valence electrons. The van der Waals surface area contributed by atoms with Crippen molar-refractivity contribution in [1.82, 2.24) is 4.72 Å². The fraction of sp³-hybridized carbons (Fsp3) is 0.222. The molecule has 0 aromatic heterocycles. The predicted octanol–water partition coefficient (Wildman–Crippen LogP) is 1.01. The quantitative estimate of drug-likeness (QED) is 0.849. The molecule has 1 rings (SSSR count). The molecule has 7 heteroatoms. The SMILES string of the molecule is CS(=O)(=O)N[C@H](C(=O)O)c1cccc(Cl)c1. The molecule has 0 radical (unpaired) electrons. The van der Waals surface area contributed by atoms with E-state index in [1.807, 2.05) is 4.72 Å². The smallest absolute Gasteiger partial charge is 0.326 e. The largest absolute Gasteiger partial charge is 0.480 e. The molecule has 0 amide bonds. The Morgan fingerprint density at radius 3 is 2.56 bits per heavy atom. The van der Waals surface area contributed by atoms with Crippen LogP contribution in [0.1, 0.15) is 11.6 Å². The van der Waals surface area contributed by atoms with Crippen LogP contribution >= 0.6 is 11.6 Å². The van der Waals surface area contributed by atoms with E-state index in [1.165, 1.54) is 12.1 Å². The average Bonchev–Trinajstić information content (AvgIpc) is 2.12. The number of carboxylic acids is 1. The van der Waals surface area contributed by atoms with Gasteiger partial charge in [0.05, 0.1) is 6.26 Å². The molecular formula is C9H10ClNO4S. The number of halogens is 1. The normalized spacial score (nSPS) is 13.4. The summed E-state index contributed by atoms with van der Waals surface area (Å²) in [4.78, 5) is 10.9. The zero-order valence-electron chi connectivity index (χ0n) is 8.34. The third-order valence-corrected chi connectivity index (χ3v) is 2.66. The molecule has 16 heavy (non-hydrogen) atoms. The van der Waals surface area contributed by atoms with Crippen molar-refractivity contribution < 1.29 is 18.3 Å². The van der Waals surface area contributed by atoms with Crippen molar-refractivity contribution in [2.45, 2.75) is 6.04 Å². The lowest BCUT2D eigenvalue weighted by atomic mass is 10.1. The van der Waals surface area contributed by atoms with Gasteiger partial charge in [0.25, 0.3) is 0 Å². The number of aliphatic carboxylic acids is 1. The van der Waals surface area contributed by atoms with Gasteiger partial charge in [0.1, 0.15) is 6.04 Å². The van der Waals surface area contributed by atoms with Gasteiger partial charge >= 0.3 is 5.97 Å². The molecule has 0 spiro atoms. The number of sulfonamides is 1. The number of benzene rings is 1. The highest BCUT2D eigenvalue weighted by molar-refractivity contribution is 7.88. The Morgan fingerprint density at radius 1 is 1.50 bits per heavy atom. The van der Waals surface area contributed by atoms with Gasteiger partial charge in [-0.25, -0.2) is 8.42 Å². The van der Waals surface area contributed by atoms with Crippen LogP contribution in [0.15, 0.2) is 24.3 Å². The summed E-state index contributed by atoms with van der Waals surface area (Å²) in [6.45, 7) is 0. The van der Waals surface area contributed by atoms with Crippen molar-refractivity contribution in [3.63, 3.8) is 0 Å². The topological polar surface area (TPSA) is 83.5 Å². The maximum Gasteiger partial charge on any atom is 0.326 e. The second kappa shape index (κ2) is 4.82. The first-order chi connectivity index (χ1) is 7.29. The van der Waals surface area contributed by atoms with E-state index >= 15 is 0 Å². The summed E-state index contributed by atoms with van der Waals surface area (Å²) < 4.78 is 24.0. The van der Waals surface area contributed by atoms with Crippen LogP contribution in [0.4, 0.5) is 0 Å². The zero-order chi connectivity index (χ0) is 12.3. The van der Waals surface area contributed by atoms with E-state index < -0.39 is 22.0 Å². The Hall–Kier alpha value is -1.11. The summed E-state index contributed by atoms with van der Waals surface area (Å²) >= 11 is 5.69. The van der Waals surface area contributed by atoms with E-state index in [0.717, 1.165) is 6.26 Å². The first-order valence-corrected chi connectivity index (χ1v) is 6.52. The van der Waals surface area contributed by atoms with E-state index in [1.54, 1.807) is 12.1 Å². The second-order valence-corrected chi connectivity index (χ2v) is 5.43. The standard InChI is InChI=1S/C9H10ClNO4S/c1-16(14,15)11-8(9(12)13)6-3-2-4-7(10)5-6/h2-5,8,11H,1H3,(H,12,13)/t8-/m0/s1. The number of hydrogen-bond donors (Lipinski definition) is 2. The first kappa shape index (κ1) is 13.0. The van der Waals surface area contributed by atoms with Gasteiger partial charge in [0, 0.05) is 5.02 Å². The summed E-state index contributed by atoms with van der Waals surface area (Å²) in [5.41, 5.74) is 0.283. The highest BCUT2D eigenvalue weighted by Gasteiger charge is 2.23. The number of nitrogens with one attached hydrogen (secondary N) is 1. The molecule has 1 atom stereocenters. The van der Waals surface area contributed by atoms with Crippen molar-refractivity contribution in [2.75, 3.05) is 6.26 Å². The van der Waals surface area contributed by atoms with Crippen LogP contribution in [0, 0.1) is 0 Å². The molecule has 0 unspecified atom stereocenters. The fourth-order valence-electron chi connectivity index (χ4n) is 1.16. The summed E-state index contributed by atoms with van der Waals surface area (Å²) in [5, 5.41) is 9.26. The van der Waals surface area contributed by atoms with Gasteiger partial charge < -0.3 is 5.11 Å². The molecule has 1 aromatic rings. The van der Waals surface area contributed by atoms with Crippen LogP contribution in [-0.4, -0.2) is 25.7 Å². The molecule has 0 aliphatic heterocycles. The van der Waals surface area contributed by atoms with Gasteiger partial charge in [-0.05, 0) is 17.7 Å². The molecule has 0 fully saturated rings. The predicted molar refractivity (Wildman–Crippen MR) is 59.8 cm³/mol. The average molecular weight is 264 g/mol. The molecule has 0 aliphatic carbocycles. The Balaban J connectivity index is 3.08. The van der Waals surface area contributed by atoms with Gasteiger partial charge in [-0.1, -0.05) is 23.7 Å². The molecule has 0 heterocycles. The minimum Gasteiger partial charge on any atom is -0.480 e. The Labute approximate surface area is 98.1 Å². The van der Waals surface area contributed by atoms with E-state index in [2.05, 4.69) is 0 Å². The third-order valence-electron chi connectivity index (χ3n) is 1.76. The molecule has 0 bridgehead atoms. The Morgan fingerprint density at radius 2 is 2.12 bits per heavy atom. The van der Waals surface area contributed by atoms with Gasteiger partial charge in [-0.3, -0.25) is 4.79 Å². The second-order valence-electron chi connectivity index (χ2n) is 3.22. The first-order valence-electron chi connectivity index (χ1n) is 4.25. The number of carboxylic acid groups (broad SMARTS) is 1. The van der Waals surface area contributed by atoms with E-state index in [-0.39, 0.29) is 5.56 Å². The maximum atomic E-state index is 11.0. The molecular weight excluding hydrogens is 254 g/mol. The zero-order valence-corrected chi connectivity index (χ0v) is 9.92. The Bertz CT molecular complexity index is 500. The minimum absolute atomic E-state index is 0.283. The fourth-order valence-corrected chi connectivity index (χ4v) is 2.03. The van der Waals surface area contributed by atoms with E-state index in [9.17, 15) is 13.2 Å². The minimum atomic E-state index is -3.60. The van der Waals surface area contributed by atoms with Crippen LogP contribution in [0.25, 0.3) is 0 Å². The van der Waals surface area contributed by atoms with Crippen molar-refractivity contribution >= 4 is 27.6 Å². The van der Waals surface area contributed by atoms with Crippen molar-refractivity contribution in [2.24, 2.45) is 0 Å². The van der Waals surface area contributed by atoms with Crippen LogP contribution in [0.2, 0.25) is 5.02 Å². The monoisotopic (exact) mass is 263 g/mol. The third kappa shape index (κ3) is 3.80. The number of carbonyl (C=O) groups is 1. The molecule has 0 saturated heterocycles. The highest BCUT2D eigenvalue weighted by Crippen LogP contribution is 2.18. The molecule has 5 nitrogen and oxygen atoms in total. The summed E-state index contributed by atoms with van der Waals surface area (Å²) in [6.07, 6.45) is 0.896. The van der Waals surface area contributed by atoms with Crippen LogP contribution in [0.5, 0.6) is 0 Å². The van der Waals surface area contributed by atoms with Crippen molar-refractivity contribution in [1.29, 1.82) is 0 Å². The highest BCUT2D eigenvalue weighted by atomic mass is 35.5. The van der Waals surface area contributed by atoms with Crippen molar-refractivity contribution in [3.05, 3.63) is 34.9 Å². The molecule has 0 saturated carbocycles. The molecule has 2 N–H and O–H groups in total. The lowest BCUT2D eigenvalue weighted by Crippen LogP contribution is -2.32. The van der Waals surface area contributed by atoms with Crippen molar-refractivity contribution in [3.8, 4) is 0 Å². The lowest BCUT2D eigenvalue weighted by molar-refractivity contribution is -0.139. The Kier molecular flexibility index (Phi) is 3.90. The van der Waals surface area contributed by atoms with Gasteiger partial charge in [-0.2, -0.15) is 4.72 Å². The summed E-state index contributed by atoms with van der Waals surface area (Å²) in [7, 11) is -3.60. The van der Waals surface area contributed by atoms with Crippen LogP contribution in [-0.2, 0) is 14.8 Å². The summed E-state index contributed by atoms with van der Waals surface area (Å²) in [6, 6.07) is 4.69. The maximum absolute atomic E-state index is 11.0. The van der Waals surface area contributed by atoms with Gasteiger partial charge in [0.15, 0.2) is 0 Å². The number of hydrogen-bond acceptors (Lipinski definition) is 3. The number of rotatable bonds is 4. The van der Waals surface area contributed by atoms with Gasteiger partial charge in [-0.15, -0.1) is 0 Å².